The third kappa shape index (κ3) is 6.57. The van der Waals surface area contributed by atoms with E-state index in [1.807, 2.05) is 20.8 Å². The fourth-order valence-corrected chi connectivity index (χ4v) is 4.04. The third-order valence-electron chi connectivity index (χ3n) is 5.65. The molecule has 0 unspecified atom stereocenters. The molecule has 2 aromatic carbocycles. The molecule has 1 aliphatic heterocycles. The molecule has 0 spiro atoms. The van der Waals surface area contributed by atoms with Gasteiger partial charge in [0.25, 0.3) is 5.91 Å². The first-order valence-corrected chi connectivity index (χ1v) is 11.6. The van der Waals surface area contributed by atoms with Crippen molar-refractivity contribution < 1.29 is 19.1 Å². The van der Waals surface area contributed by atoms with Crippen molar-refractivity contribution in [3.8, 4) is 0 Å². The fourth-order valence-electron chi connectivity index (χ4n) is 3.92. The zero-order valence-electron chi connectivity index (χ0n) is 19.6. The van der Waals surface area contributed by atoms with Gasteiger partial charge in [0.2, 0.25) is 0 Å². The van der Waals surface area contributed by atoms with Crippen molar-refractivity contribution >= 4 is 29.4 Å². The lowest BCUT2D eigenvalue weighted by Crippen LogP contribution is -2.43. The number of carbonyl (C=O) groups is 3. The Bertz CT molecular complexity index is 1010. The van der Waals surface area contributed by atoms with Gasteiger partial charge in [-0.3, -0.25) is 9.59 Å². The number of likely N-dealkylation sites (tertiary alicyclic amines) is 1. The van der Waals surface area contributed by atoms with Crippen LogP contribution in [0.4, 0.5) is 4.79 Å². The highest BCUT2D eigenvalue weighted by Crippen LogP contribution is 2.23. The molecule has 1 aliphatic rings. The summed E-state index contributed by atoms with van der Waals surface area (Å²) < 4.78 is 5.42. The van der Waals surface area contributed by atoms with Crippen LogP contribution >= 0.6 is 11.6 Å². The van der Waals surface area contributed by atoms with Crippen LogP contribution < -0.4 is 0 Å². The summed E-state index contributed by atoms with van der Waals surface area (Å²) >= 11 is 5.93. The van der Waals surface area contributed by atoms with Gasteiger partial charge in [-0.05, 0) is 69.9 Å². The SMILES string of the molecule is CN(CC1CCN(C(=O)c2ccccc2C(=O)c2ccc(Cl)cc2)CC1)C(=O)OC(C)(C)C. The Morgan fingerprint density at radius 3 is 2.15 bits per heavy atom. The average Bonchev–Trinajstić information content (AvgIpc) is 2.78. The molecule has 33 heavy (non-hydrogen) atoms. The maximum atomic E-state index is 13.3. The number of nitrogens with zero attached hydrogens (tertiary/aromatic N) is 2. The molecule has 1 fully saturated rings. The lowest BCUT2D eigenvalue weighted by molar-refractivity contribution is 0.0246. The van der Waals surface area contributed by atoms with Gasteiger partial charge in [0, 0.05) is 42.8 Å². The van der Waals surface area contributed by atoms with Crippen LogP contribution in [0.25, 0.3) is 0 Å². The summed E-state index contributed by atoms with van der Waals surface area (Å²) in [5.74, 6) is -0.0612. The largest absolute Gasteiger partial charge is 0.444 e. The first-order chi connectivity index (χ1) is 15.5. The van der Waals surface area contributed by atoms with E-state index >= 15 is 0 Å². The normalized spacial score (nSPS) is 14.6. The number of hydrogen-bond donors (Lipinski definition) is 0. The molecule has 2 aromatic rings. The van der Waals surface area contributed by atoms with Crippen LogP contribution in [0.15, 0.2) is 48.5 Å². The molecule has 0 aliphatic carbocycles. The minimum atomic E-state index is -0.530. The van der Waals surface area contributed by atoms with Gasteiger partial charge in [-0.1, -0.05) is 29.8 Å². The van der Waals surface area contributed by atoms with E-state index in [4.69, 9.17) is 16.3 Å². The van der Waals surface area contributed by atoms with Crippen molar-refractivity contribution in [2.24, 2.45) is 5.92 Å². The number of carbonyl (C=O) groups excluding carboxylic acids is 3. The molecule has 0 aromatic heterocycles. The van der Waals surface area contributed by atoms with Gasteiger partial charge < -0.3 is 14.5 Å². The number of piperidine rings is 1. The lowest BCUT2D eigenvalue weighted by Gasteiger charge is -2.34. The molecular formula is C26H31ClN2O4. The molecule has 2 amide bonds. The van der Waals surface area contributed by atoms with Crippen molar-refractivity contribution in [1.29, 1.82) is 0 Å². The minimum Gasteiger partial charge on any atom is -0.444 e. The molecule has 3 rings (SSSR count). The van der Waals surface area contributed by atoms with E-state index in [0.29, 0.717) is 41.3 Å². The molecule has 0 radical (unpaired) electrons. The van der Waals surface area contributed by atoms with E-state index in [1.54, 1.807) is 65.4 Å². The van der Waals surface area contributed by atoms with Crippen LogP contribution in [0.1, 0.15) is 59.9 Å². The third-order valence-corrected chi connectivity index (χ3v) is 5.90. The molecule has 1 saturated heterocycles. The zero-order valence-corrected chi connectivity index (χ0v) is 20.4. The van der Waals surface area contributed by atoms with E-state index in [1.165, 1.54) is 0 Å². The summed E-state index contributed by atoms with van der Waals surface area (Å²) in [6, 6.07) is 13.6. The molecule has 176 valence electrons. The van der Waals surface area contributed by atoms with Crippen LogP contribution in [-0.4, -0.2) is 59.9 Å². The maximum absolute atomic E-state index is 13.3. The highest BCUT2D eigenvalue weighted by Gasteiger charge is 2.28. The zero-order chi connectivity index (χ0) is 24.2. The van der Waals surface area contributed by atoms with Crippen molar-refractivity contribution in [3.63, 3.8) is 0 Å². The number of amides is 2. The second-order valence-electron chi connectivity index (χ2n) is 9.48. The van der Waals surface area contributed by atoms with Crippen LogP contribution in [0.2, 0.25) is 5.02 Å². The van der Waals surface area contributed by atoms with Gasteiger partial charge >= 0.3 is 6.09 Å². The Morgan fingerprint density at radius 2 is 1.58 bits per heavy atom. The van der Waals surface area contributed by atoms with Gasteiger partial charge in [-0.2, -0.15) is 0 Å². The van der Waals surface area contributed by atoms with Gasteiger partial charge in [0.15, 0.2) is 5.78 Å². The van der Waals surface area contributed by atoms with E-state index in [0.717, 1.165) is 12.8 Å². The lowest BCUT2D eigenvalue weighted by atomic mass is 9.94. The Hall–Kier alpha value is -2.86. The Balaban J connectivity index is 1.63. The highest BCUT2D eigenvalue weighted by molar-refractivity contribution is 6.30. The van der Waals surface area contributed by atoms with Crippen LogP contribution in [0.5, 0.6) is 0 Å². The van der Waals surface area contributed by atoms with Crippen molar-refractivity contribution in [3.05, 3.63) is 70.2 Å². The standard InChI is InChI=1S/C26H31ClN2O4/c1-26(2,3)33-25(32)28(4)17-18-13-15-29(16-14-18)24(31)22-8-6-5-7-21(22)23(30)19-9-11-20(27)12-10-19/h5-12,18H,13-17H2,1-4H3. The van der Waals surface area contributed by atoms with Crippen LogP contribution in [-0.2, 0) is 4.74 Å². The van der Waals surface area contributed by atoms with Gasteiger partial charge in [0.1, 0.15) is 5.60 Å². The highest BCUT2D eigenvalue weighted by atomic mass is 35.5. The quantitative estimate of drug-likeness (QED) is 0.557. The topological polar surface area (TPSA) is 66.9 Å². The molecule has 0 saturated carbocycles. The van der Waals surface area contributed by atoms with Crippen molar-refractivity contribution in [2.75, 3.05) is 26.7 Å². The minimum absolute atomic E-state index is 0.146. The number of ether oxygens (including phenoxy) is 1. The van der Waals surface area contributed by atoms with Crippen molar-refractivity contribution in [1.82, 2.24) is 9.80 Å². The summed E-state index contributed by atoms with van der Waals surface area (Å²) in [6.45, 7) is 7.28. The van der Waals surface area contributed by atoms with E-state index in [9.17, 15) is 14.4 Å². The Kier molecular flexibility index (Phi) is 7.80. The number of hydrogen-bond acceptors (Lipinski definition) is 4. The van der Waals surface area contributed by atoms with Gasteiger partial charge in [-0.15, -0.1) is 0 Å². The van der Waals surface area contributed by atoms with E-state index in [-0.39, 0.29) is 23.7 Å². The monoisotopic (exact) mass is 470 g/mol. The van der Waals surface area contributed by atoms with Crippen LogP contribution in [0.3, 0.4) is 0 Å². The number of benzene rings is 2. The maximum Gasteiger partial charge on any atom is 0.410 e. The Labute approximate surface area is 200 Å². The second kappa shape index (κ2) is 10.4. The predicted octanol–water partition coefficient (Wildman–Crippen LogP) is 5.29. The molecule has 7 heteroatoms. The first-order valence-electron chi connectivity index (χ1n) is 11.2. The average molecular weight is 471 g/mol. The molecule has 0 bridgehead atoms. The predicted molar refractivity (Wildman–Crippen MR) is 129 cm³/mol. The fraction of sp³-hybridized carbons (Fsp3) is 0.423. The van der Waals surface area contributed by atoms with Gasteiger partial charge in [0.05, 0.1) is 5.56 Å². The summed E-state index contributed by atoms with van der Waals surface area (Å²) in [5, 5.41) is 0.552. The Morgan fingerprint density at radius 1 is 1.00 bits per heavy atom. The molecule has 6 nitrogen and oxygen atoms in total. The van der Waals surface area contributed by atoms with Crippen LogP contribution in [0, 0.1) is 5.92 Å². The van der Waals surface area contributed by atoms with E-state index < -0.39 is 5.60 Å². The summed E-state index contributed by atoms with van der Waals surface area (Å²) in [5.41, 5.74) is 0.750. The summed E-state index contributed by atoms with van der Waals surface area (Å²) in [6.07, 6.45) is 1.23. The summed E-state index contributed by atoms with van der Waals surface area (Å²) in [4.78, 5) is 41.9. The molecule has 1 heterocycles. The second-order valence-corrected chi connectivity index (χ2v) is 9.91. The van der Waals surface area contributed by atoms with Gasteiger partial charge in [-0.25, -0.2) is 4.79 Å². The molecular weight excluding hydrogens is 440 g/mol. The molecule has 0 N–H and O–H groups in total. The smallest absolute Gasteiger partial charge is 0.410 e. The number of rotatable bonds is 5. The van der Waals surface area contributed by atoms with E-state index in [2.05, 4.69) is 0 Å². The molecule has 0 atom stereocenters. The summed E-state index contributed by atoms with van der Waals surface area (Å²) in [7, 11) is 1.74. The van der Waals surface area contributed by atoms with Crippen molar-refractivity contribution in [2.45, 2.75) is 39.2 Å². The number of ketones is 1. The number of halogens is 1. The first kappa shape index (κ1) is 24.8.